The number of thiazole rings is 1. The van der Waals surface area contributed by atoms with Crippen LogP contribution in [-0.4, -0.2) is 18.1 Å². The molecule has 0 saturated heterocycles. The van der Waals surface area contributed by atoms with Gasteiger partial charge in [-0.05, 0) is 43.2 Å². The molecular formula is C20H19N2O3S-. The first kappa shape index (κ1) is 17.9. The maximum absolute atomic E-state index is 11.2. The van der Waals surface area contributed by atoms with E-state index in [4.69, 9.17) is 4.74 Å². The smallest absolute Gasteiger partial charge is 0.188 e. The van der Waals surface area contributed by atoms with Gasteiger partial charge < -0.3 is 20.0 Å². The van der Waals surface area contributed by atoms with E-state index in [0.717, 1.165) is 16.8 Å². The number of para-hydroxylation sites is 2. The van der Waals surface area contributed by atoms with Crippen molar-refractivity contribution in [2.45, 2.75) is 20.3 Å². The average Bonchev–Trinajstić information content (AvgIpc) is 2.99. The van der Waals surface area contributed by atoms with Gasteiger partial charge in [-0.2, -0.15) is 0 Å². The van der Waals surface area contributed by atoms with Gasteiger partial charge in [-0.1, -0.05) is 24.3 Å². The van der Waals surface area contributed by atoms with Crippen LogP contribution in [0.1, 0.15) is 16.0 Å². The number of ether oxygens (including phenoxy) is 1. The Morgan fingerprint density at radius 2 is 1.96 bits per heavy atom. The molecule has 0 amide bonds. The van der Waals surface area contributed by atoms with E-state index in [1.807, 2.05) is 56.3 Å². The first-order chi connectivity index (χ1) is 12.5. The van der Waals surface area contributed by atoms with Gasteiger partial charge in [0, 0.05) is 22.8 Å². The summed E-state index contributed by atoms with van der Waals surface area (Å²) in [5.41, 5.74) is 4.65. The van der Waals surface area contributed by atoms with Gasteiger partial charge in [0.25, 0.3) is 0 Å². The van der Waals surface area contributed by atoms with Crippen LogP contribution >= 0.6 is 11.3 Å². The highest BCUT2D eigenvalue weighted by Crippen LogP contribution is 2.35. The second kappa shape index (κ2) is 7.58. The Morgan fingerprint density at radius 3 is 2.65 bits per heavy atom. The minimum absolute atomic E-state index is 0.173. The third-order valence-electron chi connectivity index (χ3n) is 4.13. The molecule has 26 heavy (non-hydrogen) atoms. The lowest BCUT2D eigenvalue weighted by Crippen LogP contribution is -2.24. The number of hydrogen-bond donors (Lipinski definition) is 1. The Hall–Kier alpha value is -2.86. The number of rotatable bonds is 6. The number of anilines is 2. The fourth-order valence-corrected chi connectivity index (χ4v) is 3.61. The summed E-state index contributed by atoms with van der Waals surface area (Å²) in [4.78, 5) is 16.5. The molecule has 0 saturated carbocycles. The van der Waals surface area contributed by atoms with Gasteiger partial charge in [-0.15, -0.1) is 11.3 Å². The van der Waals surface area contributed by atoms with Crippen LogP contribution in [0.2, 0.25) is 0 Å². The number of aliphatic carboxylic acids is 1. The minimum Gasteiger partial charge on any atom is -0.550 e. The van der Waals surface area contributed by atoms with Gasteiger partial charge in [-0.25, -0.2) is 4.98 Å². The molecule has 3 aromatic rings. The molecule has 0 aliphatic rings. The number of carbonyl (C=O) groups excluding carboxylic acids is 1. The third-order valence-corrected chi connectivity index (χ3v) is 5.10. The molecule has 2 aromatic carbocycles. The van der Waals surface area contributed by atoms with Gasteiger partial charge in [0.15, 0.2) is 5.13 Å². The van der Waals surface area contributed by atoms with E-state index < -0.39 is 5.97 Å². The van der Waals surface area contributed by atoms with Crippen LogP contribution in [0, 0.1) is 13.8 Å². The molecule has 0 aliphatic heterocycles. The minimum atomic E-state index is -1.12. The van der Waals surface area contributed by atoms with E-state index in [0.29, 0.717) is 21.5 Å². The number of methoxy groups -OCH3 is 1. The highest BCUT2D eigenvalue weighted by Gasteiger charge is 2.15. The Bertz CT molecular complexity index is 950. The first-order valence-electron chi connectivity index (χ1n) is 8.15. The predicted octanol–water partition coefficient (Wildman–Crippen LogP) is 3.47. The van der Waals surface area contributed by atoms with Crippen LogP contribution < -0.4 is 15.2 Å². The highest BCUT2D eigenvalue weighted by atomic mass is 32.1. The molecule has 1 aromatic heterocycles. The summed E-state index contributed by atoms with van der Waals surface area (Å²) in [6.07, 6.45) is -0.173. The van der Waals surface area contributed by atoms with Crippen LogP contribution in [0.15, 0.2) is 42.5 Å². The maximum Gasteiger partial charge on any atom is 0.188 e. The molecule has 134 valence electrons. The van der Waals surface area contributed by atoms with Crippen molar-refractivity contribution >= 4 is 28.1 Å². The summed E-state index contributed by atoms with van der Waals surface area (Å²) < 4.78 is 5.34. The number of carbonyl (C=O) groups is 1. The number of carboxylic acid groups (broad SMARTS) is 1. The van der Waals surface area contributed by atoms with Crippen molar-refractivity contribution in [3.8, 4) is 17.0 Å². The molecule has 0 unspecified atom stereocenters. The van der Waals surface area contributed by atoms with Gasteiger partial charge in [0.1, 0.15) is 5.75 Å². The second-order valence-electron chi connectivity index (χ2n) is 5.96. The third kappa shape index (κ3) is 3.86. The normalized spacial score (nSPS) is 10.6. The number of nitrogens with one attached hydrogen (secondary N) is 1. The SMILES string of the molecule is COc1ccccc1Nc1nc(-c2ccc(C)c(C)c2)c(CC(=O)[O-])s1. The van der Waals surface area contributed by atoms with E-state index in [-0.39, 0.29) is 6.42 Å². The van der Waals surface area contributed by atoms with Gasteiger partial charge >= 0.3 is 0 Å². The lowest BCUT2D eigenvalue weighted by Gasteiger charge is -2.08. The molecule has 0 bridgehead atoms. The van der Waals surface area contributed by atoms with Crippen LogP contribution in [0.5, 0.6) is 5.75 Å². The Morgan fingerprint density at radius 1 is 1.19 bits per heavy atom. The Labute approximate surface area is 156 Å². The topological polar surface area (TPSA) is 74.3 Å². The zero-order valence-electron chi connectivity index (χ0n) is 14.8. The van der Waals surface area contributed by atoms with Crippen molar-refractivity contribution in [2.75, 3.05) is 12.4 Å². The van der Waals surface area contributed by atoms with Crippen molar-refractivity contribution in [2.24, 2.45) is 0 Å². The number of carboxylic acids is 1. The maximum atomic E-state index is 11.2. The molecular weight excluding hydrogens is 348 g/mol. The molecule has 0 fully saturated rings. The standard InChI is InChI=1S/C20H20N2O3S/c1-12-8-9-14(10-13(12)2)19-17(11-18(23)24)26-20(22-19)21-15-6-4-5-7-16(15)25-3/h4-10H,11H2,1-3H3,(H,21,22)(H,23,24)/p-1. The molecule has 3 rings (SSSR count). The summed E-state index contributed by atoms with van der Waals surface area (Å²) >= 11 is 1.31. The zero-order valence-corrected chi connectivity index (χ0v) is 15.6. The fraction of sp³-hybridized carbons (Fsp3) is 0.200. The van der Waals surface area contributed by atoms with E-state index in [1.165, 1.54) is 16.9 Å². The summed E-state index contributed by atoms with van der Waals surface area (Å²) in [5, 5.41) is 15.0. The second-order valence-corrected chi connectivity index (χ2v) is 7.05. The van der Waals surface area contributed by atoms with Crippen molar-refractivity contribution in [1.82, 2.24) is 4.98 Å². The zero-order chi connectivity index (χ0) is 18.7. The van der Waals surface area contributed by atoms with Crippen molar-refractivity contribution in [3.63, 3.8) is 0 Å². The quantitative estimate of drug-likeness (QED) is 0.722. The summed E-state index contributed by atoms with van der Waals surface area (Å²) in [5.74, 6) is -0.431. The molecule has 0 spiro atoms. The van der Waals surface area contributed by atoms with Crippen LogP contribution in [0.3, 0.4) is 0 Å². The highest BCUT2D eigenvalue weighted by molar-refractivity contribution is 7.16. The van der Waals surface area contributed by atoms with Gasteiger partial charge in [0.05, 0.1) is 18.5 Å². The number of aryl methyl sites for hydroxylation is 2. The van der Waals surface area contributed by atoms with Crippen molar-refractivity contribution in [3.05, 3.63) is 58.5 Å². The monoisotopic (exact) mass is 367 g/mol. The number of hydrogen-bond acceptors (Lipinski definition) is 6. The molecule has 0 aliphatic carbocycles. The summed E-state index contributed by atoms with van der Waals surface area (Å²) in [6.45, 7) is 4.06. The van der Waals surface area contributed by atoms with Gasteiger partial charge in [-0.3, -0.25) is 0 Å². The first-order valence-corrected chi connectivity index (χ1v) is 8.97. The number of nitrogens with zero attached hydrogens (tertiary/aromatic N) is 1. The number of aromatic nitrogens is 1. The largest absolute Gasteiger partial charge is 0.550 e. The van der Waals surface area contributed by atoms with Crippen molar-refractivity contribution in [1.29, 1.82) is 0 Å². The lowest BCUT2D eigenvalue weighted by molar-refractivity contribution is -0.304. The lowest BCUT2D eigenvalue weighted by atomic mass is 10.0. The Kier molecular flexibility index (Phi) is 5.23. The van der Waals surface area contributed by atoms with E-state index in [9.17, 15) is 9.90 Å². The van der Waals surface area contributed by atoms with E-state index >= 15 is 0 Å². The molecule has 0 radical (unpaired) electrons. The molecule has 1 N–H and O–H groups in total. The number of benzene rings is 2. The summed E-state index contributed by atoms with van der Waals surface area (Å²) in [6, 6.07) is 13.5. The molecule has 1 heterocycles. The van der Waals surface area contributed by atoms with Crippen LogP contribution in [-0.2, 0) is 11.2 Å². The molecule has 5 nitrogen and oxygen atoms in total. The van der Waals surface area contributed by atoms with Crippen LogP contribution in [0.25, 0.3) is 11.3 Å². The van der Waals surface area contributed by atoms with Crippen molar-refractivity contribution < 1.29 is 14.6 Å². The average molecular weight is 367 g/mol. The van der Waals surface area contributed by atoms with E-state index in [1.54, 1.807) is 7.11 Å². The molecule has 6 heteroatoms. The van der Waals surface area contributed by atoms with E-state index in [2.05, 4.69) is 10.3 Å². The van der Waals surface area contributed by atoms with Crippen LogP contribution in [0.4, 0.5) is 10.8 Å². The molecule has 0 atom stereocenters. The summed E-state index contributed by atoms with van der Waals surface area (Å²) in [7, 11) is 1.60. The predicted molar refractivity (Wildman–Crippen MR) is 102 cm³/mol. The Balaban J connectivity index is 2.01. The fourth-order valence-electron chi connectivity index (χ4n) is 2.63. The van der Waals surface area contributed by atoms with Gasteiger partial charge in [0.2, 0.25) is 0 Å².